The van der Waals surface area contributed by atoms with E-state index in [-0.39, 0.29) is 28.6 Å². The lowest BCUT2D eigenvalue weighted by molar-refractivity contribution is 0.0981. The molecule has 2 aromatic carbocycles. The van der Waals surface area contributed by atoms with Crippen LogP contribution in [0.25, 0.3) is 0 Å². The average Bonchev–Trinajstić information content (AvgIpc) is 3.05. The monoisotopic (exact) mass is 586 g/mol. The van der Waals surface area contributed by atoms with Crippen molar-refractivity contribution in [2.75, 3.05) is 30.3 Å². The number of amides is 1. The van der Waals surface area contributed by atoms with Crippen LogP contribution in [0.1, 0.15) is 67.4 Å². The van der Waals surface area contributed by atoms with Gasteiger partial charge in [-0.15, -0.1) is 0 Å². The number of carbonyl (C=O) groups excluding carboxylic acids is 1. The lowest BCUT2D eigenvalue weighted by atomic mass is 9.70. The second-order valence-corrected chi connectivity index (χ2v) is 13.9. The van der Waals surface area contributed by atoms with Crippen molar-refractivity contribution in [3.8, 4) is 5.75 Å². The fraction of sp³-hybridized carbons (Fsp3) is 0.516. The number of hydrogen-bond donors (Lipinski definition) is 2. The summed E-state index contributed by atoms with van der Waals surface area (Å²) in [6, 6.07) is 11.3. The maximum Gasteiger partial charge on any atom is 0.264 e. The first-order chi connectivity index (χ1) is 19.1. The third-order valence-electron chi connectivity index (χ3n) is 8.81. The number of anilines is 1. The summed E-state index contributed by atoms with van der Waals surface area (Å²) in [5.74, 6) is 0.00185. The standard InChI is InChI=1S/C31H39ClN2O5S/c1-3-25-21(2)18-34-19-31(14-7-8-22-16-24(32)11-12-26(22)31)20-39-29-13-10-23(17-27(29)34)30(36)33-40(37,38)15-6-4-5-9-28(25)35/h5,9-13,16-17,21,25,28,35H,3-4,6-8,14-15,18-20H2,1-2H3,(H,33,36)/b9-5+/t21-,25+,28-,31-/m0/s1. The molecule has 3 aliphatic rings. The van der Waals surface area contributed by atoms with E-state index in [9.17, 15) is 18.3 Å². The summed E-state index contributed by atoms with van der Waals surface area (Å²) in [6.45, 7) is 6.07. The van der Waals surface area contributed by atoms with Crippen LogP contribution < -0.4 is 14.4 Å². The number of aliphatic hydroxyl groups excluding tert-OH is 1. The smallest absolute Gasteiger partial charge is 0.264 e. The molecule has 0 aromatic heterocycles. The van der Waals surface area contributed by atoms with Gasteiger partial charge in [0.25, 0.3) is 5.91 Å². The molecule has 0 unspecified atom stereocenters. The number of rotatable bonds is 1. The third kappa shape index (κ3) is 6.04. The molecule has 9 heteroatoms. The van der Waals surface area contributed by atoms with E-state index in [0.29, 0.717) is 38.3 Å². The molecular weight excluding hydrogens is 548 g/mol. The fourth-order valence-corrected chi connectivity index (χ4v) is 7.98. The lowest BCUT2D eigenvalue weighted by Gasteiger charge is -2.42. The first kappa shape index (κ1) is 29.0. The minimum Gasteiger partial charge on any atom is -0.490 e. The number of sulfonamides is 1. The first-order valence-electron chi connectivity index (χ1n) is 14.3. The Morgan fingerprint density at radius 1 is 1.20 bits per heavy atom. The second kappa shape index (κ2) is 11.7. The van der Waals surface area contributed by atoms with E-state index in [2.05, 4.69) is 35.6 Å². The summed E-state index contributed by atoms with van der Waals surface area (Å²) < 4.78 is 34.0. The van der Waals surface area contributed by atoms with Crippen molar-refractivity contribution in [1.29, 1.82) is 0 Å². The molecule has 0 radical (unpaired) electrons. The Hall–Kier alpha value is -2.55. The molecule has 2 aromatic rings. The highest BCUT2D eigenvalue weighted by Crippen LogP contribution is 2.45. The Morgan fingerprint density at radius 2 is 2.02 bits per heavy atom. The Balaban J connectivity index is 1.59. The first-order valence-corrected chi connectivity index (χ1v) is 16.3. The van der Waals surface area contributed by atoms with Crippen LogP contribution in [0.2, 0.25) is 5.02 Å². The van der Waals surface area contributed by atoms with E-state index in [1.54, 1.807) is 24.3 Å². The number of nitrogens with zero attached hydrogens (tertiary/aromatic N) is 1. The van der Waals surface area contributed by atoms with Gasteiger partial charge in [0.1, 0.15) is 5.75 Å². The van der Waals surface area contributed by atoms with Crippen molar-refractivity contribution >= 4 is 33.2 Å². The van der Waals surface area contributed by atoms with Crippen molar-refractivity contribution in [2.45, 2.75) is 63.9 Å². The van der Waals surface area contributed by atoms with Gasteiger partial charge in [0.15, 0.2) is 0 Å². The van der Waals surface area contributed by atoms with Crippen LogP contribution in [-0.2, 0) is 21.9 Å². The number of benzene rings is 2. The molecule has 5 rings (SSSR count). The molecule has 2 heterocycles. The maximum absolute atomic E-state index is 13.1. The van der Waals surface area contributed by atoms with Gasteiger partial charge in [-0.25, -0.2) is 13.1 Å². The molecular formula is C31H39ClN2O5S. The lowest BCUT2D eigenvalue weighted by Crippen LogP contribution is -2.47. The van der Waals surface area contributed by atoms with E-state index in [4.69, 9.17) is 16.3 Å². The van der Waals surface area contributed by atoms with Gasteiger partial charge in [-0.1, -0.05) is 50.1 Å². The number of hydrogen-bond acceptors (Lipinski definition) is 6. The van der Waals surface area contributed by atoms with E-state index in [1.165, 1.54) is 11.1 Å². The second-order valence-electron chi connectivity index (χ2n) is 11.6. The van der Waals surface area contributed by atoms with E-state index in [0.717, 1.165) is 36.4 Å². The highest BCUT2D eigenvalue weighted by molar-refractivity contribution is 7.90. The molecule has 2 aliphatic heterocycles. The normalized spacial score (nSPS) is 29.6. The molecule has 4 atom stereocenters. The number of nitrogens with one attached hydrogen (secondary N) is 1. The molecule has 2 N–H and O–H groups in total. The van der Waals surface area contributed by atoms with Crippen LogP contribution in [0, 0.1) is 11.8 Å². The summed E-state index contributed by atoms with van der Waals surface area (Å²) in [5, 5.41) is 11.8. The summed E-state index contributed by atoms with van der Waals surface area (Å²) in [5.41, 5.74) is 3.25. The van der Waals surface area contributed by atoms with Crippen LogP contribution in [0.15, 0.2) is 48.6 Å². The van der Waals surface area contributed by atoms with Gasteiger partial charge in [-0.2, -0.15) is 0 Å². The van der Waals surface area contributed by atoms with Crippen molar-refractivity contribution < 1.29 is 23.1 Å². The largest absolute Gasteiger partial charge is 0.490 e. The molecule has 0 saturated carbocycles. The number of allylic oxidation sites excluding steroid dienone is 1. The van der Waals surface area contributed by atoms with Gasteiger partial charge < -0.3 is 14.7 Å². The summed E-state index contributed by atoms with van der Waals surface area (Å²) in [7, 11) is -3.80. The third-order valence-corrected chi connectivity index (χ3v) is 10.4. The fourth-order valence-electron chi connectivity index (χ4n) is 6.74. The van der Waals surface area contributed by atoms with Crippen molar-refractivity contribution in [3.05, 3.63) is 70.3 Å². The Bertz CT molecular complexity index is 1390. The van der Waals surface area contributed by atoms with Gasteiger partial charge in [0, 0.05) is 29.1 Å². The Kier molecular flexibility index (Phi) is 8.50. The Morgan fingerprint density at radius 3 is 2.83 bits per heavy atom. The molecule has 1 amide bonds. The van der Waals surface area contributed by atoms with Gasteiger partial charge in [0.2, 0.25) is 10.0 Å². The number of halogens is 1. The topological polar surface area (TPSA) is 95.9 Å². The molecule has 7 nitrogen and oxygen atoms in total. The molecule has 1 aliphatic carbocycles. The van der Waals surface area contributed by atoms with Crippen LogP contribution in [0.5, 0.6) is 5.75 Å². The molecule has 40 heavy (non-hydrogen) atoms. The highest BCUT2D eigenvalue weighted by Gasteiger charge is 2.42. The van der Waals surface area contributed by atoms with E-state index >= 15 is 0 Å². The van der Waals surface area contributed by atoms with Gasteiger partial charge >= 0.3 is 0 Å². The van der Waals surface area contributed by atoms with Gasteiger partial charge in [0.05, 0.1) is 24.2 Å². The Labute approximate surface area is 242 Å². The SMILES string of the molecule is CC[C@H]1[C@@H](O)/C=C/CCCS(=O)(=O)NC(=O)c2ccc3c(c2)N(C[C@@H]1C)C[C@@]1(CCCc2cc(Cl)ccc21)CO3. The molecule has 216 valence electrons. The highest BCUT2D eigenvalue weighted by atomic mass is 35.5. The molecule has 2 bridgehead atoms. The number of ether oxygens (including phenoxy) is 1. The summed E-state index contributed by atoms with van der Waals surface area (Å²) in [4.78, 5) is 15.4. The predicted molar refractivity (Wildman–Crippen MR) is 159 cm³/mol. The zero-order valence-corrected chi connectivity index (χ0v) is 24.8. The van der Waals surface area contributed by atoms with Crippen LogP contribution in [-0.4, -0.2) is 51.0 Å². The van der Waals surface area contributed by atoms with Crippen molar-refractivity contribution in [2.24, 2.45) is 11.8 Å². The van der Waals surface area contributed by atoms with Gasteiger partial charge in [-0.3, -0.25) is 4.79 Å². The van der Waals surface area contributed by atoms with E-state index in [1.807, 2.05) is 12.1 Å². The number of aliphatic hydroxyl groups is 1. The van der Waals surface area contributed by atoms with Gasteiger partial charge in [-0.05, 0) is 85.4 Å². The van der Waals surface area contributed by atoms with Crippen LogP contribution in [0.4, 0.5) is 5.69 Å². The summed E-state index contributed by atoms with van der Waals surface area (Å²) in [6.07, 6.45) is 7.61. The van der Waals surface area contributed by atoms with Crippen molar-refractivity contribution in [3.63, 3.8) is 0 Å². The molecule has 1 spiro atoms. The molecule has 0 fully saturated rings. The predicted octanol–water partition coefficient (Wildman–Crippen LogP) is 5.25. The van der Waals surface area contributed by atoms with Crippen LogP contribution >= 0.6 is 11.6 Å². The average molecular weight is 587 g/mol. The van der Waals surface area contributed by atoms with Crippen LogP contribution in [0.3, 0.4) is 0 Å². The number of fused-ring (bicyclic) bond motifs is 3. The number of aryl methyl sites for hydroxylation is 1. The number of carbonyl (C=O) groups is 1. The zero-order valence-electron chi connectivity index (χ0n) is 23.2. The summed E-state index contributed by atoms with van der Waals surface area (Å²) >= 11 is 6.37. The molecule has 0 saturated heterocycles. The van der Waals surface area contributed by atoms with Crippen molar-refractivity contribution in [1.82, 2.24) is 4.72 Å². The minimum absolute atomic E-state index is 0.0142. The maximum atomic E-state index is 13.1. The van der Waals surface area contributed by atoms with E-state index < -0.39 is 22.0 Å². The zero-order chi connectivity index (χ0) is 28.5. The minimum atomic E-state index is -3.80. The quantitative estimate of drug-likeness (QED) is 0.443.